The second-order valence-electron chi connectivity index (χ2n) is 3.69. The topological polar surface area (TPSA) is 44.8 Å². The van der Waals surface area contributed by atoms with Crippen LogP contribution in [0.4, 0.5) is 0 Å². The van der Waals surface area contributed by atoms with E-state index in [0.717, 1.165) is 5.56 Å². The minimum absolute atomic E-state index is 0.225. The molecule has 19 heavy (non-hydrogen) atoms. The van der Waals surface area contributed by atoms with Crippen molar-refractivity contribution in [2.24, 2.45) is 0 Å². The summed E-state index contributed by atoms with van der Waals surface area (Å²) in [7, 11) is 0. The van der Waals surface area contributed by atoms with Crippen LogP contribution in [-0.2, 0) is 9.53 Å². The molecule has 0 atom stereocenters. The summed E-state index contributed by atoms with van der Waals surface area (Å²) in [5.74, 6) is 0.975. The highest BCUT2D eigenvalue weighted by Gasteiger charge is 2.13. The van der Waals surface area contributed by atoms with Crippen molar-refractivity contribution in [2.75, 3.05) is 13.4 Å². The molecule has 1 heterocycles. The van der Waals surface area contributed by atoms with E-state index in [-0.39, 0.29) is 6.79 Å². The number of esters is 1. The third-order valence-electron chi connectivity index (χ3n) is 2.41. The van der Waals surface area contributed by atoms with Gasteiger partial charge in [-0.15, -0.1) is 0 Å². The van der Waals surface area contributed by atoms with Crippen LogP contribution in [0.1, 0.15) is 12.5 Å². The van der Waals surface area contributed by atoms with Gasteiger partial charge in [-0.2, -0.15) is 0 Å². The van der Waals surface area contributed by atoms with Gasteiger partial charge in [0, 0.05) is 11.1 Å². The standard InChI is InChI=1S/C14H13ClO4/c1-2-17-14(16)5-3-4-11(15)10-6-7-12-13(8-10)19-9-18-12/h3-8H,2,9H2,1H3/b5-3+,11-4-. The minimum atomic E-state index is -0.395. The minimum Gasteiger partial charge on any atom is -0.463 e. The molecule has 1 aliphatic rings. The number of hydrogen-bond donors (Lipinski definition) is 0. The molecule has 0 unspecified atom stereocenters. The van der Waals surface area contributed by atoms with Crippen LogP contribution in [-0.4, -0.2) is 19.4 Å². The molecule has 1 aliphatic heterocycles. The lowest BCUT2D eigenvalue weighted by molar-refractivity contribution is -0.137. The highest BCUT2D eigenvalue weighted by atomic mass is 35.5. The highest BCUT2D eigenvalue weighted by molar-refractivity contribution is 6.48. The number of rotatable bonds is 4. The summed E-state index contributed by atoms with van der Waals surface area (Å²) >= 11 is 6.13. The maximum atomic E-state index is 11.1. The zero-order valence-corrected chi connectivity index (χ0v) is 11.1. The van der Waals surface area contributed by atoms with Gasteiger partial charge in [-0.1, -0.05) is 17.7 Å². The molecular weight excluding hydrogens is 268 g/mol. The van der Waals surface area contributed by atoms with Gasteiger partial charge in [0.2, 0.25) is 6.79 Å². The van der Waals surface area contributed by atoms with Crippen molar-refractivity contribution in [1.29, 1.82) is 0 Å². The van der Waals surface area contributed by atoms with Crippen molar-refractivity contribution in [3.05, 3.63) is 42.0 Å². The molecule has 0 fully saturated rings. The van der Waals surface area contributed by atoms with Crippen LogP contribution in [0.2, 0.25) is 0 Å². The molecule has 0 aliphatic carbocycles. The number of ether oxygens (including phenoxy) is 3. The normalized spacial score (nSPS) is 13.9. The van der Waals surface area contributed by atoms with Crippen molar-refractivity contribution in [3.8, 4) is 11.5 Å². The Hall–Kier alpha value is -1.94. The van der Waals surface area contributed by atoms with Crippen LogP contribution in [0.3, 0.4) is 0 Å². The highest BCUT2D eigenvalue weighted by Crippen LogP contribution is 2.35. The SMILES string of the molecule is CCOC(=O)/C=C/C=C(\Cl)c1ccc2c(c1)OCO2. The van der Waals surface area contributed by atoms with E-state index in [2.05, 4.69) is 0 Å². The van der Waals surface area contributed by atoms with Gasteiger partial charge >= 0.3 is 5.97 Å². The van der Waals surface area contributed by atoms with Gasteiger partial charge in [-0.05, 0) is 36.8 Å². The Labute approximate surface area is 116 Å². The first-order chi connectivity index (χ1) is 9.20. The summed E-state index contributed by atoms with van der Waals surface area (Å²) in [5.41, 5.74) is 0.791. The summed E-state index contributed by atoms with van der Waals surface area (Å²) < 4.78 is 15.2. The lowest BCUT2D eigenvalue weighted by Crippen LogP contribution is -1.98. The Balaban J connectivity index is 2.07. The Morgan fingerprint density at radius 3 is 3.00 bits per heavy atom. The molecule has 0 radical (unpaired) electrons. The zero-order valence-electron chi connectivity index (χ0n) is 10.4. The number of benzene rings is 1. The number of carbonyl (C=O) groups excluding carboxylic acids is 1. The predicted molar refractivity (Wildman–Crippen MR) is 72.2 cm³/mol. The Bertz CT molecular complexity index is 534. The molecule has 0 bridgehead atoms. The summed E-state index contributed by atoms with van der Waals surface area (Å²) in [6.07, 6.45) is 4.49. The first-order valence-corrected chi connectivity index (χ1v) is 6.19. The molecule has 1 aromatic rings. The summed E-state index contributed by atoms with van der Waals surface area (Å²) in [5, 5.41) is 0.499. The summed E-state index contributed by atoms with van der Waals surface area (Å²) in [4.78, 5) is 11.1. The van der Waals surface area contributed by atoms with Crippen molar-refractivity contribution >= 4 is 22.6 Å². The second-order valence-corrected chi connectivity index (χ2v) is 4.10. The fourth-order valence-corrected chi connectivity index (χ4v) is 1.73. The molecule has 0 saturated carbocycles. The quantitative estimate of drug-likeness (QED) is 0.483. The number of allylic oxidation sites excluding steroid dienone is 2. The van der Waals surface area contributed by atoms with Crippen molar-refractivity contribution in [1.82, 2.24) is 0 Å². The van der Waals surface area contributed by atoms with Gasteiger partial charge in [-0.25, -0.2) is 4.79 Å². The number of fused-ring (bicyclic) bond motifs is 1. The largest absolute Gasteiger partial charge is 0.463 e. The van der Waals surface area contributed by atoms with E-state index >= 15 is 0 Å². The fraction of sp³-hybridized carbons (Fsp3) is 0.214. The molecule has 0 aromatic heterocycles. The zero-order chi connectivity index (χ0) is 13.7. The Kier molecular flexibility index (Phi) is 4.47. The average molecular weight is 281 g/mol. The van der Waals surface area contributed by atoms with Crippen molar-refractivity contribution in [3.63, 3.8) is 0 Å². The molecule has 0 spiro atoms. The molecule has 0 amide bonds. The molecule has 2 rings (SSSR count). The van der Waals surface area contributed by atoms with Gasteiger partial charge in [0.05, 0.1) is 6.61 Å². The number of halogens is 1. The predicted octanol–water partition coefficient (Wildman–Crippen LogP) is 3.11. The summed E-state index contributed by atoms with van der Waals surface area (Å²) in [6.45, 7) is 2.33. The van der Waals surface area contributed by atoms with E-state index in [4.69, 9.17) is 25.8 Å². The van der Waals surface area contributed by atoms with Crippen LogP contribution >= 0.6 is 11.6 Å². The third-order valence-corrected chi connectivity index (χ3v) is 2.75. The smallest absolute Gasteiger partial charge is 0.330 e. The lowest BCUT2D eigenvalue weighted by Gasteiger charge is -2.00. The second kappa shape index (κ2) is 6.29. The van der Waals surface area contributed by atoms with Gasteiger partial charge in [0.1, 0.15) is 0 Å². The molecule has 5 heteroatoms. The van der Waals surface area contributed by atoms with Crippen LogP contribution in [0.15, 0.2) is 36.4 Å². The molecular formula is C14H13ClO4. The van der Waals surface area contributed by atoms with Crippen LogP contribution < -0.4 is 9.47 Å². The van der Waals surface area contributed by atoms with Gasteiger partial charge in [-0.3, -0.25) is 0 Å². The van der Waals surface area contributed by atoms with E-state index < -0.39 is 5.97 Å². The van der Waals surface area contributed by atoms with Gasteiger partial charge < -0.3 is 14.2 Å². The van der Waals surface area contributed by atoms with E-state index in [0.29, 0.717) is 23.1 Å². The molecule has 0 saturated heterocycles. The monoisotopic (exact) mass is 280 g/mol. The van der Waals surface area contributed by atoms with Crippen molar-refractivity contribution < 1.29 is 19.0 Å². The van der Waals surface area contributed by atoms with Gasteiger partial charge in [0.25, 0.3) is 0 Å². The maximum absolute atomic E-state index is 11.1. The first kappa shape index (κ1) is 13.5. The first-order valence-electron chi connectivity index (χ1n) is 5.81. The van der Waals surface area contributed by atoms with Crippen LogP contribution in [0, 0.1) is 0 Å². The maximum Gasteiger partial charge on any atom is 0.330 e. The van der Waals surface area contributed by atoms with Crippen LogP contribution in [0.25, 0.3) is 5.03 Å². The summed E-state index contributed by atoms with van der Waals surface area (Å²) in [6, 6.07) is 5.41. The Morgan fingerprint density at radius 1 is 1.42 bits per heavy atom. The molecule has 1 aromatic carbocycles. The molecule has 100 valence electrons. The fourth-order valence-electron chi connectivity index (χ4n) is 1.54. The molecule has 0 N–H and O–H groups in total. The van der Waals surface area contributed by atoms with E-state index in [1.54, 1.807) is 31.2 Å². The lowest BCUT2D eigenvalue weighted by atomic mass is 10.2. The average Bonchev–Trinajstić information content (AvgIpc) is 2.86. The molecule has 4 nitrogen and oxygen atoms in total. The van der Waals surface area contributed by atoms with E-state index in [1.165, 1.54) is 6.08 Å². The van der Waals surface area contributed by atoms with Crippen molar-refractivity contribution in [2.45, 2.75) is 6.92 Å². The third kappa shape index (κ3) is 3.51. The number of hydrogen-bond acceptors (Lipinski definition) is 4. The van der Waals surface area contributed by atoms with E-state index in [1.807, 2.05) is 6.07 Å². The van der Waals surface area contributed by atoms with E-state index in [9.17, 15) is 4.79 Å². The van der Waals surface area contributed by atoms with Gasteiger partial charge in [0.15, 0.2) is 11.5 Å². The number of carbonyl (C=O) groups is 1. The van der Waals surface area contributed by atoms with Crippen LogP contribution in [0.5, 0.6) is 11.5 Å². The Morgan fingerprint density at radius 2 is 2.21 bits per heavy atom.